The van der Waals surface area contributed by atoms with Gasteiger partial charge in [0.25, 0.3) is 0 Å². The summed E-state index contributed by atoms with van der Waals surface area (Å²) < 4.78 is 0. The van der Waals surface area contributed by atoms with Crippen LogP contribution in [0.5, 0.6) is 0 Å². The van der Waals surface area contributed by atoms with E-state index in [1.165, 1.54) is 53.1 Å². The van der Waals surface area contributed by atoms with Gasteiger partial charge in [-0.25, -0.2) is 0 Å². The average molecular weight is 953 g/mol. The number of hydrogen-bond donors (Lipinski definition) is 0. The molecular weight excluding hydrogens is 881 g/mol. The van der Waals surface area contributed by atoms with Crippen molar-refractivity contribution < 1.29 is 0 Å². The highest BCUT2D eigenvalue weighted by Crippen LogP contribution is 2.26. The lowest BCUT2D eigenvalue weighted by Gasteiger charge is -2.04. The van der Waals surface area contributed by atoms with Gasteiger partial charge < -0.3 is 0 Å². The van der Waals surface area contributed by atoms with Gasteiger partial charge in [-0.15, -0.1) is 0 Å². The molecule has 8 nitrogen and oxygen atoms in total. The Hall–Kier alpha value is -7.84. The first-order valence-electron chi connectivity index (χ1n) is 25.5. The SMILES string of the molecule is CCC.CCC.CCC.CCC.Cc1cc2cccnc2c2ncccc12.Cc1ccc2ccc3cccnc3c2n1.Cc1ccnc2c1ccc1cccnc12.Cc1cnc2c(ccc3cccnc32)c1. The molecule has 0 N–H and O–H groups in total. The molecule has 0 aliphatic carbocycles. The molecule has 8 heterocycles. The van der Waals surface area contributed by atoms with Crippen molar-refractivity contribution in [1.82, 2.24) is 39.9 Å². The van der Waals surface area contributed by atoms with Gasteiger partial charge in [0, 0.05) is 92.2 Å². The first kappa shape index (κ1) is 55.1. The van der Waals surface area contributed by atoms with Gasteiger partial charge in [-0.1, -0.05) is 154 Å². The third kappa shape index (κ3) is 14.6. The van der Waals surface area contributed by atoms with Crippen LogP contribution < -0.4 is 0 Å². The molecule has 0 aliphatic heterocycles. The van der Waals surface area contributed by atoms with Crippen molar-refractivity contribution in [2.75, 3.05) is 0 Å². The molecule has 0 spiro atoms. The molecular formula is C64H72N8. The molecule has 4 aromatic carbocycles. The Morgan fingerprint density at radius 3 is 1.18 bits per heavy atom. The number of rotatable bonds is 0. The maximum Gasteiger partial charge on any atom is 0.0967 e. The Labute approximate surface area is 427 Å². The Kier molecular flexibility index (Phi) is 22.0. The lowest BCUT2D eigenvalue weighted by molar-refractivity contribution is 1.09. The molecule has 0 atom stereocenters. The smallest absolute Gasteiger partial charge is 0.0967 e. The Bertz CT molecular complexity index is 3510. The van der Waals surface area contributed by atoms with Crippen LogP contribution in [-0.2, 0) is 0 Å². The van der Waals surface area contributed by atoms with Crippen molar-refractivity contribution in [2.24, 2.45) is 0 Å². The molecule has 72 heavy (non-hydrogen) atoms. The topological polar surface area (TPSA) is 103 Å². The van der Waals surface area contributed by atoms with E-state index in [1.54, 1.807) is 0 Å². The van der Waals surface area contributed by atoms with E-state index < -0.39 is 0 Å². The predicted octanol–water partition coefficient (Wildman–Crippen LogP) is 18.0. The monoisotopic (exact) mass is 953 g/mol. The molecule has 12 rings (SSSR count). The van der Waals surface area contributed by atoms with Crippen LogP contribution in [0.4, 0.5) is 0 Å². The molecule has 8 aromatic heterocycles. The summed E-state index contributed by atoms with van der Waals surface area (Å²) >= 11 is 0. The number of pyridine rings is 8. The molecule has 8 heteroatoms. The van der Waals surface area contributed by atoms with E-state index in [1.807, 2.05) is 92.8 Å². The fourth-order valence-corrected chi connectivity index (χ4v) is 7.51. The molecule has 0 bridgehead atoms. The van der Waals surface area contributed by atoms with Crippen LogP contribution in [0.2, 0.25) is 0 Å². The Morgan fingerprint density at radius 2 is 0.639 bits per heavy atom. The zero-order valence-corrected chi connectivity index (χ0v) is 44.6. The van der Waals surface area contributed by atoms with Crippen LogP contribution in [0.1, 0.15) is 103 Å². The molecule has 0 radical (unpaired) electrons. The minimum atomic E-state index is 0.981. The van der Waals surface area contributed by atoms with Gasteiger partial charge in [-0.3, -0.25) is 39.9 Å². The number of nitrogens with zero attached hydrogens (tertiary/aromatic N) is 8. The van der Waals surface area contributed by atoms with Crippen LogP contribution in [0.25, 0.3) is 87.2 Å². The van der Waals surface area contributed by atoms with Crippen LogP contribution >= 0.6 is 0 Å². The second-order valence-electron chi connectivity index (χ2n) is 17.6. The standard InChI is InChI=1S/4C13H10N2.4C3H8/c1-9-8-10-4-2-6-14-12(10)13-11(9)5-3-7-15-13;1-9-4-5-11-7-6-10-3-2-8-14-12(10)13(11)15-9;1-9-6-8-15-13-11(9)5-4-10-3-2-7-14-12(10)13;1-9-7-11-5-4-10-3-2-6-14-12(10)13(11)15-8-9;4*1-3-2/h4*2-8H,1H3;4*3H2,1-2H3. The Morgan fingerprint density at radius 1 is 0.292 bits per heavy atom. The van der Waals surface area contributed by atoms with E-state index in [-0.39, 0.29) is 0 Å². The van der Waals surface area contributed by atoms with E-state index in [2.05, 4.69) is 201 Å². The molecule has 0 saturated carbocycles. The van der Waals surface area contributed by atoms with Gasteiger partial charge in [0.05, 0.1) is 44.1 Å². The lowest BCUT2D eigenvalue weighted by Crippen LogP contribution is -1.86. The van der Waals surface area contributed by atoms with Crippen molar-refractivity contribution in [1.29, 1.82) is 0 Å². The normalized spacial score (nSPS) is 10.2. The summed E-state index contributed by atoms with van der Waals surface area (Å²) in [6.07, 6.45) is 17.8. The third-order valence-electron chi connectivity index (χ3n) is 10.5. The van der Waals surface area contributed by atoms with Crippen molar-refractivity contribution in [2.45, 2.75) is 109 Å². The summed E-state index contributed by atoms with van der Waals surface area (Å²) in [4.78, 5) is 35.3. The highest BCUT2D eigenvalue weighted by molar-refractivity contribution is 6.06. The minimum absolute atomic E-state index is 0.981. The lowest BCUT2D eigenvalue weighted by atomic mass is 10.1. The molecule has 0 amide bonds. The van der Waals surface area contributed by atoms with Crippen molar-refractivity contribution in [3.05, 3.63) is 193 Å². The minimum Gasteiger partial charge on any atom is -0.254 e. The maximum absolute atomic E-state index is 4.54. The highest BCUT2D eigenvalue weighted by atomic mass is 14.8. The molecule has 0 aliphatic rings. The van der Waals surface area contributed by atoms with Gasteiger partial charge in [0.15, 0.2) is 0 Å². The fraction of sp³-hybridized carbons (Fsp3) is 0.250. The van der Waals surface area contributed by atoms with E-state index in [4.69, 9.17) is 0 Å². The van der Waals surface area contributed by atoms with E-state index in [9.17, 15) is 0 Å². The van der Waals surface area contributed by atoms with E-state index >= 15 is 0 Å². The number of aromatic nitrogens is 8. The number of aryl methyl sites for hydroxylation is 4. The van der Waals surface area contributed by atoms with Crippen molar-refractivity contribution in [3.63, 3.8) is 0 Å². The summed E-state index contributed by atoms with van der Waals surface area (Å²) in [5, 5.41) is 9.24. The van der Waals surface area contributed by atoms with E-state index in [0.717, 1.165) is 82.1 Å². The van der Waals surface area contributed by atoms with Gasteiger partial charge in [-0.2, -0.15) is 0 Å². The highest BCUT2D eigenvalue weighted by Gasteiger charge is 2.06. The largest absolute Gasteiger partial charge is 0.254 e. The van der Waals surface area contributed by atoms with Crippen LogP contribution in [-0.4, -0.2) is 39.9 Å². The zero-order chi connectivity index (χ0) is 51.8. The van der Waals surface area contributed by atoms with Crippen LogP contribution in [0.15, 0.2) is 171 Å². The summed E-state index contributed by atoms with van der Waals surface area (Å²) in [6.45, 7) is 25.3. The summed E-state index contributed by atoms with van der Waals surface area (Å²) in [5.41, 5.74) is 12.6. The molecule has 368 valence electrons. The van der Waals surface area contributed by atoms with Gasteiger partial charge in [-0.05, 0) is 99.0 Å². The van der Waals surface area contributed by atoms with Crippen LogP contribution in [0.3, 0.4) is 0 Å². The van der Waals surface area contributed by atoms with Gasteiger partial charge in [0.1, 0.15) is 0 Å². The molecule has 0 saturated heterocycles. The summed E-state index contributed by atoms with van der Waals surface area (Å²) in [6, 6.07) is 43.1. The van der Waals surface area contributed by atoms with Gasteiger partial charge >= 0.3 is 0 Å². The fourth-order valence-electron chi connectivity index (χ4n) is 7.51. The predicted molar refractivity (Wildman–Crippen MR) is 311 cm³/mol. The Balaban J connectivity index is 0.000000166. The number of hydrogen-bond acceptors (Lipinski definition) is 8. The van der Waals surface area contributed by atoms with Crippen LogP contribution in [0, 0.1) is 27.7 Å². The zero-order valence-electron chi connectivity index (χ0n) is 44.6. The third-order valence-corrected chi connectivity index (χ3v) is 10.5. The molecule has 12 aromatic rings. The number of fused-ring (bicyclic) bond motifs is 12. The average Bonchev–Trinajstić information content (AvgIpc) is 3.40. The first-order chi connectivity index (χ1) is 35.1. The summed E-state index contributed by atoms with van der Waals surface area (Å²) in [5.74, 6) is 0. The molecule has 0 unspecified atom stereocenters. The van der Waals surface area contributed by atoms with E-state index in [0.29, 0.717) is 0 Å². The first-order valence-corrected chi connectivity index (χ1v) is 25.5. The summed E-state index contributed by atoms with van der Waals surface area (Å²) in [7, 11) is 0. The quantitative estimate of drug-likeness (QED) is 0.139. The second kappa shape index (κ2) is 28.7. The number of benzene rings is 4. The van der Waals surface area contributed by atoms with Crippen molar-refractivity contribution in [3.8, 4) is 0 Å². The van der Waals surface area contributed by atoms with Gasteiger partial charge in [0.2, 0.25) is 0 Å². The molecule has 0 fully saturated rings. The second-order valence-corrected chi connectivity index (χ2v) is 17.6. The maximum atomic E-state index is 4.54. The van der Waals surface area contributed by atoms with Crippen molar-refractivity contribution >= 4 is 87.2 Å².